The van der Waals surface area contributed by atoms with Crippen LogP contribution in [0.2, 0.25) is 5.02 Å². The van der Waals surface area contributed by atoms with E-state index in [-0.39, 0.29) is 0 Å². The van der Waals surface area contributed by atoms with E-state index in [1.807, 2.05) is 6.07 Å². The number of carbonyl (C=O) groups excluding carboxylic acids is 1. The number of halogens is 1. The molecule has 2 aliphatic rings. The fourth-order valence-electron chi connectivity index (χ4n) is 2.95. The molecule has 0 fully saturated rings. The van der Waals surface area contributed by atoms with Gasteiger partial charge in [0, 0.05) is 29.2 Å². The number of amides is 1. The van der Waals surface area contributed by atoms with E-state index in [4.69, 9.17) is 11.6 Å². The summed E-state index contributed by atoms with van der Waals surface area (Å²) >= 11 is 8.16. The van der Waals surface area contributed by atoms with Gasteiger partial charge in [-0.1, -0.05) is 11.6 Å². The average molecular weight is 321 g/mol. The topological polar surface area (TPSA) is 52.6 Å². The Bertz CT molecular complexity index is 743. The van der Waals surface area contributed by atoms with Crippen molar-refractivity contribution in [3.8, 4) is 0 Å². The van der Waals surface area contributed by atoms with Crippen LogP contribution in [-0.4, -0.2) is 17.6 Å². The Morgan fingerprint density at radius 3 is 3.14 bits per heavy atom. The van der Waals surface area contributed by atoms with Crippen LogP contribution in [0.1, 0.15) is 22.1 Å². The molecule has 1 unspecified atom stereocenters. The molecule has 2 aromatic rings. The maximum absolute atomic E-state index is 11.5. The zero-order valence-corrected chi connectivity index (χ0v) is 12.7. The molecule has 21 heavy (non-hydrogen) atoms. The Labute approximate surface area is 131 Å². The molecule has 6 heteroatoms. The molecule has 1 aromatic heterocycles. The lowest BCUT2D eigenvalue weighted by atomic mass is 10.1. The number of rotatable bonds is 1. The van der Waals surface area contributed by atoms with E-state index in [0.29, 0.717) is 16.3 Å². The van der Waals surface area contributed by atoms with Crippen LogP contribution in [0.4, 0.5) is 11.4 Å². The third-order valence-electron chi connectivity index (χ3n) is 4.07. The first-order valence-electron chi connectivity index (χ1n) is 6.76. The van der Waals surface area contributed by atoms with E-state index < -0.39 is 12.0 Å². The molecule has 1 atom stereocenters. The van der Waals surface area contributed by atoms with Gasteiger partial charge in [0.05, 0.1) is 10.7 Å². The van der Waals surface area contributed by atoms with Crippen molar-refractivity contribution in [1.82, 2.24) is 0 Å². The quantitative estimate of drug-likeness (QED) is 0.849. The molecule has 108 valence electrons. The Hall–Kier alpha value is -1.56. The standard InChI is InChI=1S/C15H13ClN2O2S/c16-10-5-9-11(17-15(20)14(9)19)6-12(10)18-3-1-13-8(7-18)2-4-21-13/h2,4-6,14,19H,1,3,7H2,(H,17,20). The lowest BCUT2D eigenvalue weighted by molar-refractivity contribution is -0.123. The molecule has 2 aliphatic heterocycles. The average Bonchev–Trinajstić information content (AvgIpc) is 3.04. The van der Waals surface area contributed by atoms with Crippen LogP contribution in [0.5, 0.6) is 0 Å². The van der Waals surface area contributed by atoms with E-state index in [0.717, 1.165) is 25.2 Å². The van der Waals surface area contributed by atoms with Crippen LogP contribution in [0.15, 0.2) is 23.6 Å². The summed E-state index contributed by atoms with van der Waals surface area (Å²) in [7, 11) is 0. The van der Waals surface area contributed by atoms with Gasteiger partial charge in [0.25, 0.3) is 5.91 Å². The number of fused-ring (bicyclic) bond motifs is 2. The Kier molecular flexibility index (Phi) is 2.96. The second kappa shape index (κ2) is 4.73. The molecular formula is C15H13ClN2O2S. The molecule has 0 radical (unpaired) electrons. The number of anilines is 2. The highest BCUT2D eigenvalue weighted by molar-refractivity contribution is 7.10. The van der Waals surface area contributed by atoms with Gasteiger partial charge in [0.15, 0.2) is 6.10 Å². The minimum atomic E-state index is -1.11. The Morgan fingerprint density at radius 1 is 1.43 bits per heavy atom. The molecule has 4 nitrogen and oxygen atoms in total. The SMILES string of the molecule is O=C1Nc2cc(N3CCc4sccc4C3)c(Cl)cc2C1O. The first-order valence-corrected chi connectivity index (χ1v) is 8.02. The van der Waals surface area contributed by atoms with Crippen molar-refractivity contribution in [3.63, 3.8) is 0 Å². The van der Waals surface area contributed by atoms with Crippen molar-refractivity contribution in [1.29, 1.82) is 0 Å². The molecule has 1 aromatic carbocycles. The molecule has 0 saturated carbocycles. The summed E-state index contributed by atoms with van der Waals surface area (Å²) in [4.78, 5) is 15.2. The molecule has 4 rings (SSSR count). The molecule has 2 N–H and O–H groups in total. The van der Waals surface area contributed by atoms with E-state index in [1.54, 1.807) is 17.4 Å². The number of hydrogen-bond acceptors (Lipinski definition) is 4. The third kappa shape index (κ3) is 2.04. The van der Waals surface area contributed by atoms with Gasteiger partial charge >= 0.3 is 0 Å². The van der Waals surface area contributed by atoms with E-state index in [2.05, 4.69) is 21.7 Å². The number of nitrogens with one attached hydrogen (secondary N) is 1. The highest BCUT2D eigenvalue weighted by Gasteiger charge is 2.30. The highest BCUT2D eigenvalue weighted by atomic mass is 35.5. The van der Waals surface area contributed by atoms with Gasteiger partial charge in [-0.25, -0.2) is 0 Å². The molecule has 0 saturated heterocycles. The molecule has 0 aliphatic carbocycles. The van der Waals surface area contributed by atoms with Crippen LogP contribution in [0.3, 0.4) is 0 Å². The smallest absolute Gasteiger partial charge is 0.257 e. The van der Waals surface area contributed by atoms with Crippen molar-refractivity contribution < 1.29 is 9.90 Å². The largest absolute Gasteiger partial charge is 0.378 e. The van der Waals surface area contributed by atoms with Crippen molar-refractivity contribution in [2.24, 2.45) is 0 Å². The van der Waals surface area contributed by atoms with Crippen molar-refractivity contribution in [2.45, 2.75) is 19.1 Å². The van der Waals surface area contributed by atoms with Gasteiger partial charge in [-0.15, -0.1) is 11.3 Å². The van der Waals surface area contributed by atoms with E-state index in [1.165, 1.54) is 10.4 Å². The molecule has 0 spiro atoms. The summed E-state index contributed by atoms with van der Waals surface area (Å²) in [6.45, 7) is 1.73. The zero-order chi connectivity index (χ0) is 14.6. The zero-order valence-electron chi connectivity index (χ0n) is 11.1. The van der Waals surface area contributed by atoms with E-state index >= 15 is 0 Å². The van der Waals surface area contributed by atoms with Crippen LogP contribution in [0.25, 0.3) is 0 Å². The van der Waals surface area contributed by atoms with Crippen molar-refractivity contribution in [2.75, 3.05) is 16.8 Å². The summed E-state index contributed by atoms with van der Waals surface area (Å²) in [6.07, 6.45) is -0.105. The summed E-state index contributed by atoms with van der Waals surface area (Å²) in [5, 5.41) is 15.2. The fraction of sp³-hybridized carbons (Fsp3) is 0.267. The number of benzene rings is 1. The summed E-state index contributed by atoms with van der Waals surface area (Å²) in [5.41, 5.74) is 3.46. The monoisotopic (exact) mass is 320 g/mol. The lowest BCUT2D eigenvalue weighted by Gasteiger charge is -2.30. The lowest BCUT2D eigenvalue weighted by Crippen LogP contribution is -2.29. The number of aliphatic hydroxyl groups excluding tert-OH is 1. The minimum Gasteiger partial charge on any atom is -0.378 e. The maximum Gasteiger partial charge on any atom is 0.257 e. The Morgan fingerprint density at radius 2 is 2.29 bits per heavy atom. The fourth-order valence-corrected chi connectivity index (χ4v) is 4.13. The molecule has 1 amide bonds. The van der Waals surface area contributed by atoms with Gasteiger partial charge in [0.2, 0.25) is 0 Å². The highest BCUT2D eigenvalue weighted by Crippen LogP contribution is 2.40. The van der Waals surface area contributed by atoms with Crippen LogP contribution in [-0.2, 0) is 17.8 Å². The molecule has 0 bridgehead atoms. The van der Waals surface area contributed by atoms with Crippen LogP contribution in [0, 0.1) is 0 Å². The number of carbonyl (C=O) groups is 1. The summed E-state index contributed by atoms with van der Waals surface area (Å²) in [6, 6.07) is 5.71. The number of aliphatic hydroxyl groups is 1. The van der Waals surface area contributed by atoms with Gasteiger partial charge < -0.3 is 15.3 Å². The predicted molar refractivity (Wildman–Crippen MR) is 84.1 cm³/mol. The van der Waals surface area contributed by atoms with Gasteiger partial charge in [-0.3, -0.25) is 4.79 Å². The predicted octanol–water partition coefficient (Wildman–Crippen LogP) is 2.95. The number of hydrogen-bond donors (Lipinski definition) is 2. The second-order valence-electron chi connectivity index (χ2n) is 5.32. The minimum absolute atomic E-state index is 0.392. The summed E-state index contributed by atoms with van der Waals surface area (Å²) < 4.78 is 0. The second-order valence-corrected chi connectivity index (χ2v) is 6.73. The number of nitrogens with zero attached hydrogens (tertiary/aromatic N) is 1. The van der Waals surface area contributed by atoms with Gasteiger partial charge in [-0.2, -0.15) is 0 Å². The molecule has 3 heterocycles. The van der Waals surface area contributed by atoms with Crippen molar-refractivity contribution >= 4 is 40.2 Å². The van der Waals surface area contributed by atoms with Gasteiger partial charge in [0.1, 0.15) is 0 Å². The first-order chi connectivity index (χ1) is 10.1. The van der Waals surface area contributed by atoms with Gasteiger partial charge in [-0.05, 0) is 35.6 Å². The normalized spacial score (nSPS) is 20.2. The van der Waals surface area contributed by atoms with Crippen LogP contribution >= 0.6 is 22.9 Å². The first kappa shape index (κ1) is 13.1. The number of thiophene rings is 1. The van der Waals surface area contributed by atoms with Crippen molar-refractivity contribution in [3.05, 3.63) is 44.6 Å². The summed E-state index contributed by atoms with van der Waals surface area (Å²) in [5.74, 6) is -0.392. The third-order valence-corrected chi connectivity index (χ3v) is 5.39. The Balaban J connectivity index is 1.71. The van der Waals surface area contributed by atoms with Crippen LogP contribution < -0.4 is 10.2 Å². The molecular weight excluding hydrogens is 308 g/mol. The maximum atomic E-state index is 11.5. The van der Waals surface area contributed by atoms with E-state index in [9.17, 15) is 9.90 Å².